The van der Waals surface area contributed by atoms with Gasteiger partial charge in [-0.3, -0.25) is 0 Å². The predicted octanol–water partition coefficient (Wildman–Crippen LogP) is 5.22. The van der Waals surface area contributed by atoms with E-state index in [0.29, 0.717) is 0 Å². The van der Waals surface area contributed by atoms with Crippen LogP contribution in [0.15, 0.2) is 103 Å². The van der Waals surface area contributed by atoms with Crippen LogP contribution in [-0.4, -0.2) is 4.98 Å². The highest BCUT2D eigenvalue weighted by atomic mass is 32.1. The zero-order valence-corrected chi connectivity index (χ0v) is 18.6. The molecule has 0 fully saturated rings. The summed E-state index contributed by atoms with van der Waals surface area (Å²) in [5.41, 5.74) is 2.30. The smallest absolute Gasteiger partial charge is 0.125 e. The second-order valence-corrected chi connectivity index (χ2v) is 10.5. The van der Waals surface area contributed by atoms with Crippen molar-refractivity contribution < 1.29 is 0 Å². The van der Waals surface area contributed by atoms with Crippen molar-refractivity contribution >= 4 is 59.9 Å². The fourth-order valence-electron chi connectivity index (χ4n) is 3.51. The van der Waals surface area contributed by atoms with Crippen molar-refractivity contribution in [3.63, 3.8) is 0 Å². The zero-order valence-electron chi connectivity index (χ0n) is 15.7. The Labute approximate surface area is 178 Å². The standard InChI is InChI=1S/C25H19NP2S/c27-21-14-6-8-16-23(21)28(18-10-2-1-3-11-18)22-15-7-4-12-19(22)25-26-20-13-5-9-17-24(20)29-25/h1-17H,27H2. The average molecular weight is 427 g/mol. The lowest BCUT2D eigenvalue weighted by Gasteiger charge is -2.23. The molecule has 0 aliphatic rings. The van der Waals surface area contributed by atoms with Gasteiger partial charge in [0.2, 0.25) is 0 Å². The molecule has 0 aliphatic heterocycles. The first-order valence-electron chi connectivity index (χ1n) is 9.46. The normalized spacial score (nSPS) is 12.2. The van der Waals surface area contributed by atoms with E-state index >= 15 is 0 Å². The van der Waals surface area contributed by atoms with Crippen LogP contribution < -0.4 is 21.2 Å². The van der Waals surface area contributed by atoms with Crippen molar-refractivity contribution in [3.05, 3.63) is 103 Å². The second-order valence-electron chi connectivity index (χ2n) is 6.73. The van der Waals surface area contributed by atoms with Crippen LogP contribution in [-0.2, 0) is 0 Å². The number of benzene rings is 4. The van der Waals surface area contributed by atoms with Crippen LogP contribution >= 0.6 is 28.5 Å². The molecule has 0 N–H and O–H groups in total. The average Bonchev–Trinajstić information content (AvgIpc) is 3.21. The van der Waals surface area contributed by atoms with E-state index in [1.807, 2.05) is 0 Å². The molecule has 1 aromatic heterocycles. The summed E-state index contributed by atoms with van der Waals surface area (Å²) in [6, 6.07) is 36.7. The summed E-state index contributed by atoms with van der Waals surface area (Å²) in [7, 11) is 2.23. The molecule has 0 bridgehead atoms. The number of para-hydroxylation sites is 1. The second kappa shape index (κ2) is 8.17. The van der Waals surface area contributed by atoms with Gasteiger partial charge in [0, 0.05) is 5.56 Å². The first kappa shape index (κ1) is 18.6. The molecule has 5 aromatic rings. The van der Waals surface area contributed by atoms with Crippen LogP contribution in [0, 0.1) is 0 Å². The summed E-state index contributed by atoms with van der Waals surface area (Å²) in [5, 5.41) is 6.41. The molecular weight excluding hydrogens is 408 g/mol. The first-order valence-corrected chi connectivity index (χ1v) is 12.2. The molecule has 0 radical (unpaired) electrons. The quantitative estimate of drug-likeness (QED) is 0.358. The highest BCUT2D eigenvalue weighted by molar-refractivity contribution is 7.81. The Hall–Kier alpha value is -2.37. The molecule has 2 atom stereocenters. The highest BCUT2D eigenvalue weighted by Crippen LogP contribution is 2.38. The fourth-order valence-corrected chi connectivity index (χ4v) is 7.70. The Balaban J connectivity index is 1.75. The molecule has 0 spiro atoms. The summed E-state index contributed by atoms with van der Waals surface area (Å²) in [4.78, 5) is 4.96. The lowest BCUT2D eigenvalue weighted by molar-refractivity contribution is 1.49. The number of rotatable bonds is 4. The fraction of sp³-hybridized carbons (Fsp3) is 0. The maximum atomic E-state index is 4.96. The Kier molecular flexibility index (Phi) is 5.25. The third kappa shape index (κ3) is 3.65. The van der Waals surface area contributed by atoms with E-state index in [-0.39, 0.29) is 0 Å². The van der Waals surface area contributed by atoms with Gasteiger partial charge in [0.25, 0.3) is 0 Å². The van der Waals surface area contributed by atoms with Gasteiger partial charge in [-0.15, -0.1) is 20.6 Å². The molecule has 1 heterocycles. The van der Waals surface area contributed by atoms with Gasteiger partial charge in [0.15, 0.2) is 0 Å². The van der Waals surface area contributed by atoms with E-state index < -0.39 is 7.92 Å². The molecule has 1 nitrogen and oxygen atoms in total. The van der Waals surface area contributed by atoms with Gasteiger partial charge in [0.05, 0.1) is 10.2 Å². The minimum Gasteiger partial charge on any atom is -0.236 e. The third-order valence-corrected chi connectivity index (χ3v) is 9.25. The minimum absolute atomic E-state index is 0.695. The summed E-state index contributed by atoms with van der Waals surface area (Å²) in [6.45, 7) is 0. The van der Waals surface area contributed by atoms with E-state index in [0.717, 1.165) is 10.5 Å². The lowest BCUT2D eigenvalue weighted by atomic mass is 10.2. The number of aromatic nitrogens is 1. The third-order valence-electron chi connectivity index (χ3n) is 4.86. The van der Waals surface area contributed by atoms with E-state index in [1.54, 1.807) is 11.3 Å². The summed E-state index contributed by atoms with van der Waals surface area (Å²) in [6.07, 6.45) is 0. The topological polar surface area (TPSA) is 12.9 Å². The SMILES string of the molecule is Pc1ccccc1P(c1ccccc1)c1ccccc1-c1nc2ccccc2s1. The Morgan fingerprint density at radius 2 is 1.31 bits per heavy atom. The number of hydrogen-bond acceptors (Lipinski definition) is 2. The molecule has 0 amide bonds. The lowest BCUT2D eigenvalue weighted by Crippen LogP contribution is -2.28. The van der Waals surface area contributed by atoms with E-state index in [4.69, 9.17) is 4.98 Å². The maximum absolute atomic E-state index is 4.96. The maximum Gasteiger partial charge on any atom is 0.125 e. The zero-order chi connectivity index (χ0) is 19.6. The molecule has 0 saturated heterocycles. The number of hydrogen-bond donors (Lipinski definition) is 0. The van der Waals surface area contributed by atoms with Gasteiger partial charge in [0.1, 0.15) is 5.01 Å². The molecule has 140 valence electrons. The Bertz CT molecular complexity index is 1250. The van der Waals surface area contributed by atoms with Crippen molar-refractivity contribution in [1.29, 1.82) is 0 Å². The summed E-state index contributed by atoms with van der Waals surface area (Å²) >= 11 is 1.77. The van der Waals surface area contributed by atoms with E-state index in [9.17, 15) is 0 Å². The van der Waals surface area contributed by atoms with Gasteiger partial charge in [-0.1, -0.05) is 91.0 Å². The van der Waals surface area contributed by atoms with Crippen molar-refractivity contribution in [2.45, 2.75) is 0 Å². The van der Waals surface area contributed by atoms with Gasteiger partial charge < -0.3 is 0 Å². The van der Waals surface area contributed by atoms with E-state index in [1.165, 1.54) is 31.5 Å². The highest BCUT2D eigenvalue weighted by Gasteiger charge is 2.22. The molecule has 4 heteroatoms. The molecule has 2 unspecified atom stereocenters. The van der Waals surface area contributed by atoms with Crippen LogP contribution in [0.25, 0.3) is 20.8 Å². The predicted molar refractivity (Wildman–Crippen MR) is 133 cm³/mol. The van der Waals surface area contributed by atoms with Crippen LogP contribution in [0.4, 0.5) is 0 Å². The van der Waals surface area contributed by atoms with Crippen LogP contribution in [0.2, 0.25) is 0 Å². The monoisotopic (exact) mass is 427 g/mol. The van der Waals surface area contributed by atoms with Crippen molar-refractivity contribution in [2.24, 2.45) is 0 Å². The summed E-state index contributed by atoms with van der Waals surface area (Å²) in [5.74, 6) is 0. The van der Waals surface area contributed by atoms with E-state index in [2.05, 4.69) is 112 Å². The molecular formula is C25H19NP2S. The van der Waals surface area contributed by atoms with Crippen LogP contribution in [0.1, 0.15) is 0 Å². The van der Waals surface area contributed by atoms with Gasteiger partial charge >= 0.3 is 0 Å². The van der Waals surface area contributed by atoms with Crippen LogP contribution in [0.5, 0.6) is 0 Å². The molecule has 0 saturated carbocycles. The largest absolute Gasteiger partial charge is 0.236 e. The van der Waals surface area contributed by atoms with Gasteiger partial charge in [-0.05, 0) is 41.3 Å². The number of nitrogens with zero attached hydrogens (tertiary/aromatic N) is 1. The first-order chi connectivity index (χ1) is 14.3. The van der Waals surface area contributed by atoms with Crippen molar-refractivity contribution in [3.8, 4) is 10.6 Å². The van der Waals surface area contributed by atoms with Gasteiger partial charge in [-0.25, -0.2) is 4.98 Å². The Morgan fingerprint density at radius 1 is 0.655 bits per heavy atom. The van der Waals surface area contributed by atoms with Crippen molar-refractivity contribution in [2.75, 3.05) is 0 Å². The minimum atomic E-state index is -0.695. The molecule has 29 heavy (non-hydrogen) atoms. The number of fused-ring (bicyclic) bond motifs is 1. The van der Waals surface area contributed by atoms with Crippen molar-refractivity contribution in [1.82, 2.24) is 4.98 Å². The molecule has 5 rings (SSSR count). The number of thiazole rings is 1. The summed E-state index contributed by atoms with van der Waals surface area (Å²) < 4.78 is 1.23. The van der Waals surface area contributed by atoms with Crippen LogP contribution in [0.3, 0.4) is 0 Å². The molecule has 0 aliphatic carbocycles. The Morgan fingerprint density at radius 3 is 2.10 bits per heavy atom. The molecule has 4 aromatic carbocycles. The van der Waals surface area contributed by atoms with Gasteiger partial charge in [-0.2, -0.15) is 0 Å².